The number of benzene rings is 1. The van der Waals surface area contributed by atoms with Crippen LogP contribution in [0.1, 0.15) is 0 Å². The van der Waals surface area contributed by atoms with Crippen LogP contribution in [0.2, 0.25) is 5.02 Å². The smallest absolute Gasteiger partial charge is 0.333 e. The van der Waals surface area contributed by atoms with Gasteiger partial charge in [0.05, 0.1) is 5.70 Å². The van der Waals surface area contributed by atoms with Crippen LogP contribution < -0.4 is 10.6 Å². The van der Waals surface area contributed by atoms with Crippen LogP contribution in [0.15, 0.2) is 36.0 Å². The first-order valence-corrected chi connectivity index (χ1v) is 5.22. The van der Waals surface area contributed by atoms with Crippen molar-refractivity contribution in [3.63, 3.8) is 0 Å². The van der Waals surface area contributed by atoms with Gasteiger partial charge in [-0.15, -0.1) is 0 Å². The molecule has 6 heteroatoms. The summed E-state index contributed by atoms with van der Waals surface area (Å²) >= 11 is 5.71. The number of nitrogens with one attached hydrogen (secondary N) is 2. The van der Waals surface area contributed by atoms with Crippen molar-refractivity contribution in [1.82, 2.24) is 5.32 Å². The molecule has 0 fully saturated rings. The first kappa shape index (κ1) is 11.5. The Hall–Kier alpha value is -2.01. The van der Waals surface area contributed by atoms with Gasteiger partial charge in [-0.2, -0.15) is 0 Å². The molecule has 0 unspecified atom stereocenters. The number of urea groups is 1. The maximum absolute atomic E-state index is 11.5. The van der Waals surface area contributed by atoms with Crippen molar-refractivity contribution in [1.29, 1.82) is 0 Å². The highest BCUT2D eigenvalue weighted by molar-refractivity contribution is 6.30. The topological polar surface area (TPSA) is 67.4 Å². The number of hydrogen-bond donors (Lipinski definition) is 2. The van der Waals surface area contributed by atoms with E-state index in [1.54, 1.807) is 24.3 Å². The Morgan fingerprint density at radius 1 is 1.24 bits per heavy atom. The van der Waals surface area contributed by atoms with Gasteiger partial charge in [0, 0.05) is 16.8 Å². The quantitative estimate of drug-likeness (QED) is 0.790. The minimum atomic E-state index is -0.452. The lowest BCUT2D eigenvalue weighted by atomic mass is 10.3. The van der Waals surface area contributed by atoms with E-state index in [9.17, 15) is 9.59 Å². The second kappa shape index (κ2) is 4.88. The van der Waals surface area contributed by atoms with Crippen molar-refractivity contribution in [3.05, 3.63) is 41.1 Å². The molecule has 2 N–H and O–H groups in total. The number of esters is 1. The van der Waals surface area contributed by atoms with Crippen LogP contribution in [0.5, 0.6) is 0 Å². The summed E-state index contributed by atoms with van der Waals surface area (Å²) in [5, 5.41) is 5.69. The van der Waals surface area contributed by atoms with E-state index >= 15 is 0 Å². The highest BCUT2D eigenvalue weighted by Gasteiger charge is 2.14. The summed E-state index contributed by atoms with van der Waals surface area (Å²) in [6.07, 6.45) is 1.24. The molecule has 1 aromatic carbocycles. The number of carbonyl (C=O) groups is 2. The van der Waals surface area contributed by atoms with E-state index in [0.717, 1.165) is 0 Å². The summed E-state index contributed by atoms with van der Waals surface area (Å²) < 4.78 is 4.64. The monoisotopic (exact) mass is 252 g/mol. The molecule has 0 bridgehead atoms. The molecule has 1 aliphatic rings. The number of cyclic esters (lactones) is 1. The van der Waals surface area contributed by atoms with Crippen LogP contribution in [0.4, 0.5) is 10.5 Å². The van der Waals surface area contributed by atoms with Gasteiger partial charge in [-0.25, -0.2) is 9.59 Å². The van der Waals surface area contributed by atoms with Gasteiger partial charge in [0.1, 0.15) is 6.61 Å². The molecule has 0 aromatic heterocycles. The van der Waals surface area contributed by atoms with Crippen LogP contribution in [0.25, 0.3) is 0 Å². The van der Waals surface area contributed by atoms with Gasteiger partial charge in [-0.3, -0.25) is 0 Å². The van der Waals surface area contributed by atoms with Crippen molar-refractivity contribution in [3.8, 4) is 0 Å². The maximum atomic E-state index is 11.5. The van der Waals surface area contributed by atoms with Gasteiger partial charge in [-0.1, -0.05) is 11.6 Å². The number of anilines is 1. The molecular formula is C11H9ClN2O3. The highest BCUT2D eigenvalue weighted by Crippen LogP contribution is 2.13. The third kappa shape index (κ3) is 3.22. The lowest BCUT2D eigenvalue weighted by Crippen LogP contribution is -2.28. The number of carbonyl (C=O) groups excluding carboxylic acids is 2. The maximum Gasteiger partial charge on any atom is 0.333 e. The first-order chi connectivity index (χ1) is 8.13. The molecule has 1 aromatic rings. The Labute approximate surface area is 102 Å². The average Bonchev–Trinajstić information content (AvgIpc) is 2.67. The Balaban J connectivity index is 1.91. The molecule has 0 spiro atoms. The standard InChI is InChI=1S/C11H9ClN2O3/c12-7-1-3-8(4-2-7)13-11(16)14-9-5-10(15)17-6-9/h1-5H,6H2,(H2,13,14,16). The summed E-state index contributed by atoms with van der Waals surface area (Å²) in [4.78, 5) is 22.2. The fraction of sp³-hybridized carbons (Fsp3) is 0.0909. The van der Waals surface area contributed by atoms with Gasteiger partial charge in [0.15, 0.2) is 0 Å². The lowest BCUT2D eigenvalue weighted by molar-refractivity contribution is -0.134. The summed E-state index contributed by atoms with van der Waals surface area (Å²) in [6, 6.07) is 6.24. The molecule has 5 nitrogen and oxygen atoms in total. The number of halogens is 1. The van der Waals surface area contributed by atoms with Crippen molar-refractivity contribution >= 4 is 29.3 Å². The summed E-state index contributed by atoms with van der Waals surface area (Å²) in [7, 11) is 0. The molecule has 0 saturated heterocycles. The van der Waals surface area contributed by atoms with Crippen molar-refractivity contribution in [2.45, 2.75) is 0 Å². The van der Waals surface area contributed by atoms with Gasteiger partial charge in [0.2, 0.25) is 0 Å². The van der Waals surface area contributed by atoms with E-state index in [0.29, 0.717) is 16.4 Å². The van der Waals surface area contributed by atoms with Crippen molar-refractivity contribution in [2.75, 3.05) is 11.9 Å². The van der Waals surface area contributed by atoms with Crippen LogP contribution in [-0.2, 0) is 9.53 Å². The summed E-state index contributed by atoms with van der Waals surface area (Å²) in [5.74, 6) is -0.452. The Bertz CT molecular complexity index is 482. The van der Waals surface area contributed by atoms with E-state index in [-0.39, 0.29) is 6.61 Å². The van der Waals surface area contributed by atoms with Crippen molar-refractivity contribution < 1.29 is 14.3 Å². The number of rotatable bonds is 2. The van der Waals surface area contributed by atoms with Gasteiger partial charge < -0.3 is 15.4 Å². The Morgan fingerprint density at radius 2 is 1.94 bits per heavy atom. The molecule has 0 radical (unpaired) electrons. The van der Waals surface area contributed by atoms with Crippen LogP contribution >= 0.6 is 11.6 Å². The second-order valence-electron chi connectivity index (χ2n) is 3.36. The Morgan fingerprint density at radius 3 is 2.53 bits per heavy atom. The third-order valence-corrected chi connectivity index (χ3v) is 2.29. The predicted molar refractivity (Wildman–Crippen MR) is 62.6 cm³/mol. The molecule has 0 atom stereocenters. The second-order valence-corrected chi connectivity index (χ2v) is 3.80. The minimum absolute atomic E-state index is 0.0901. The molecule has 88 valence electrons. The third-order valence-electron chi connectivity index (χ3n) is 2.04. The van der Waals surface area contributed by atoms with E-state index in [1.807, 2.05) is 0 Å². The molecule has 0 saturated carbocycles. The minimum Gasteiger partial charge on any atom is -0.456 e. The largest absolute Gasteiger partial charge is 0.456 e. The molecule has 0 aliphatic carbocycles. The van der Waals surface area contributed by atoms with E-state index < -0.39 is 12.0 Å². The summed E-state index contributed by atoms with van der Waals surface area (Å²) in [6.45, 7) is 0.0901. The molecule has 2 rings (SSSR count). The van der Waals surface area contributed by atoms with Crippen LogP contribution in [-0.4, -0.2) is 18.6 Å². The number of amides is 2. The lowest BCUT2D eigenvalue weighted by Gasteiger charge is -2.07. The van der Waals surface area contributed by atoms with Gasteiger partial charge in [-0.05, 0) is 24.3 Å². The summed E-state index contributed by atoms with van der Waals surface area (Å²) in [5.41, 5.74) is 1.04. The normalized spacial score (nSPS) is 13.9. The molecule has 1 aliphatic heterocycles. The molecule has 1 heterocycles. The number of ether oxygens (including phenoxy) is 1. The number of hydrogen-bond acceptors (Lipinski definition) is 3. The van der Waals surface area contributed by atoms with Crippen LogP contribution in [0.3, 0.4) is 0 Å². The first-order valence-electron chi connectivity index (χ1n) is 4.84. The van der Waals surface area contributed by atoms with Crippen LogP contribution in [0, 0.1) is 0 Å². The molecule has 2 amide bonds. The molecule has 17 heavy (non-hydrogen) atoms. The fourth-order valence-electron chi connectivity index (χ4n) is 1.29. The van der Waals surface area contributed by atoms with E-state index in [4.69, 9.17) is 11.6 Å². The Kier molecular flexibility index (Phi) is 3.30. The zero-order valence-corrected chi connectivity index (χ0v) is 9.45. The predicted octanol–water partition coefficient (Wildman–Crippen LogP) is 1.90. The fourth-order valence-corrected chi connectivity index (χ4v) is 1.41. The SMILES string of the molecule is O=C(NC1=CC(=O)OC1)Nc1ccc(Cl)cc1. The van der Waals surface area contributed by atoms with Gasteiger partial charge >= 0.3 is 12.0 Å². The van der Waals surface area contributed by atoms with Gasteiger partial charge in [0.25, 0.3) is 0 Å². The molecular weight excluding hydrogens is 244 g/mol. The zero-order valence-electron chi connectivity index (χ0n) is 8.70. The van der Waals surface area contributed by atoms with E-state index in [2.05, 4.69) is 15.4 Å². The zero-order chi connectivity index (χ0) is 12.3. The van der Waals surface area contributed by atoms with Crippen molar-refractivity contribution in [2.24, 2.45) is 0 Å². The average molecular weight is 253 g/mol. The highest BCUT2D eigenvalue weighted by atomic mass is 35.5. The van der Waals surface area contributed by atoms with E-state index in [1.165, 1.54) is 6.08 Å².